The van der Waals surface area contributed by atoms with Gasteiger partial charge < -0.3 is 0 Å². The number of nitrogens with one attached hydrogen (secondary N) is 1. The third-order valence-electron chi connectivity index (χ3n) is 2.57. The smallest absolute Gasteiger partial charge is 0.258 e. The van der Waals surface area contributed by atoms with Gasteiger partial charge in [0.2, 0.25) is 15.8 Å². The number of nitrogens with zero attached hydrogens (tertiary/aromatic N) is 2. The van der Waals surface area contributed by atoms with Crippen molar-refractivity contribution in [2.75, 3.05) is 0 Å². The van der Waals surface area contributed by atoms with Crippen LogP contribution in [0.2, 0.25) is 0 Å². The number of hydrogen-bond donors (Lipinski definition) is 1. The summed E-state index contributed by atoms with van der Waals surface area (Å²) < 4.78 is 39.7. The van der Waals surface area contributed by atoms with Crippen molar-refractivity contribution < 1.29 is 17.7 Å². The lowest BCUT2D eigenvalue weighted by atomic mass is 10.2. The largest absolute Gasteiger partial charge is 0.324 e. The maximum atomic E-state index is 13.4. The van der Waals surface area contributed by atoms with Crippen LogP contribution in [0.15, 0.2) is 23.1 Å². The van der Waals surface area contributed by atoms with Crippen molar-refractivity contribution in [2.45, 2.75) is 30.7 Å². The van der Waals surface area contributed by atoms with E-state index in [9.17, 15) is 22.9 Å². The predicted molar refractivity (Wildman–Crippen MR) is 67.7 cm³/mol. The molecule has 1 aromatic carbocycles. The first-order valence-electron chi connectivity index (χ1n) is 5.65. The lowest BCUT2D eigenvalue weighted by Crippen LogP contribution is -2.34. The van der Waals surface area contributed by atoms with Crippen molar-refractivity contribution in [1.82, 2.24) is 4.72 Å². The van der Waals surface area contributed by atoms with E-state index < -0.39 is 37.4 Å². The summed E-state index contributed by atoms with van der Waals surface area (Å²) >= 11 is 0. The van der Waals surface area contributed by atoms with E-state index in [4.69, 9.17) is 5.26 Å². The Bertz CT molecular complexity index is 654. The molecule has 0 saturated carbocycles. The summed E-state index contributed by atoms with van der Waals surface area (Å²) in [5.41, 5.74) is -1.10. The Balaban J connectivity index is 3.27. The van der Waals surface area contributed by atoms with Gasteiger partial charge in [-0.1, -0.05) is 13.0 Å². The number of nitriles is 1. The van der Waals surface area contributed by atoms with E-state index in [-0.39, 0.29) is 6.42 Å². The highest BCUT2D eigenvalue weighted by Crippen LogP contribution is 2.26. The summed E-state index contributed by atoms with van der Waals surface area (Å²) in [4.78, 5) is 8.95. The predicted octanol–water partition coefficient (Wildman–Crippen LogP) is 1.70. The Morgan fingerprint density at radius 1 is 1.55 bits per heavy atom. The van der Waals surface area contributed by atoms with E-state index >= 15 is 0 Å². The number of sulfonamides is 1. The first-order chi connectivity index (χ1) is 9.33. The Hall–Kier alpha value is -2.05. The van der Waals surface area contributed by atoms with Crippen LogP contribution in [0.1, 0.15) is 19.8 Å². The minimum atomic E-state index is -4.27. The third kappa shape index (κ3) is 3.49. The molecule has 0 aliphatic heterocycles. The highest BCUT2D eigenvalue weighted by Gasteiger charge is 2.30. The molecular weight excluding hydrogens is 289 g/mol. The number of nitro groups is 1. The van der Waals surface area contributed by atoms with Crippen LogP contribution in [-0.2, 0) is 10.0 Å². The maximum absolute atomic E-state index is 13.4. The molecule has 0 heterocycles. The SMILES string of the molecule is CCC(CC#N)NS(=O)(=O)c1cccc(F)c1[N+](=O)[O-]. The zero-order valence-corrected chi connectivity index (χ0v) is 11.4. The second-order valence-corrected chi connectivity index (χ2v) is 5.61. The van der Waals surface area contributed by atoms with Crippen molar-refractivity contribution in [2.24, 2.45) is 0 Å². The van der Waals surface area contributed by atoms with Gasteiger partial charge in [0.05, 0.1) is 17.4 Å². The number of para-hydroxylation sites is 1. The zero-order valence-electron chi connectivity index (χ0n) is 10.5. The average molecular weight is 301 g/mol. The Morgan fingerprint density at radius 2 is 2.20 bits per heavy atom. The second-order valence-electron chi connectivity index (χ2n) is 3.93. The molecule has 0 amide bonds. The van der Waals surface area contributed by atoms with Crippen LogP contribution in [0, 0.1) is 27.3 Å². The van der Waals surface area contributed by atoms with Crippen molar-refractivity contribution in [3.05, 3.63) is 34.1 Å². The molecule has 0 aromatic heterocycles. The molecule has 9 heteroatoms. The van der Waals surface area contributed by atoms with Crippen LogP contribution >= 0.6 is 0 Å². The molecule has 0 aliphatic rings. The highest BCUT2D eigenvalue weighted by atomic mass is 32.2. The van der Waals surface area contributed by atoms with E-state index in [0.717, 1.165) is 18.2 Å². The lowest BCUT2D eigenvalue weighted by Gasteiger charge is -2.14. The molecule has 7 nitrogen and oxygen atoms in total. The van der Waals surface area contributed by atoms with E-state index in [1.54, 1.807) is 13.0 Å². The summed E-state index contributed by atoms with van der Waals surface area (Å²) in [6, 6.07) is 3.95. The fourth-order valence-corrected chi connectivity index (χ4v) is 3.05. The van der Waals surface area contributed by atoms with Gasteiger partial charge in [0.25, 0.3) is 0 Å². The van der Waals surface area contributed by atoms with Gasteiger partial charge in [-0.25, -0.2) is 13.1 Å². The van der Waals surface area contributed by atoms with Crippen molar-refractivity contribution in [3.63, 3.8) is 0 Å². The highest BCUT2D eigenvalue weighted by molar-refractivity contribution is 7.89. The molecule has 0 radical (unpaired) electrons. The number of rotatable bonds is 6. The quantitative estimate of drug-likeness (QED) is 0.634. The number of benzene rings is 1. The number of hydrogen-bond acceptors (Lipinski definition) is 5. The van der Waals surface area contributed by atoms with Crippen LogP contribution in [0.4, 0.5) is 10.1 Å². The molecule has 0 fully saturated rings. The van der Waals surface area contributed by atoms with Crippen LogP contribution in [-0.4, -0.2) is 19.4 Å². The van der Waals surface area contributed by atoms with Crippen LogP contribution in [0.5, 0.6) is 0 Å². The summed E-state index contributed by atoms with van der Waals surface area (Å²) in [6.07, 6.45) is 0.245. The molecule has 1 N–H and O–H groups in total. The van der Waals surface area contributed by atoms with E-state index in [1.807, 2.05) is 0 Å². The minimum absolute atomic E-state index is 0.0845. The Morgan fingerprint density at radius 3 is 2.70 bits per heavy atom. The Kier molecular flexibility index (Phi) is 5.12. The lowest BCUT2D eigenvalue weighted by molar-refractivity contribution is -0.390. The monoisotopic (exact) mass is 301 g/mol. The van der Waals surface area contributed by atoms with E-state index in [1.165, 1.54) is 0 Å². The zero-order chi connectivity index (χ0) is 15.3. The standard InChI is InChI=1S/C11H12FN3O4S/c1-2-8(6-7-13)14-20(18,19)10-5-3-4-9(12)11(10)15(16)17/h3-5,8,14H,2,6H2,1H3. The molecule has 1 aromatic rings. The molecule has 0 aliphatic carbocycles. The van der Waals surface area contributed by atoms with Crippen LogP contribution in [0.3, 0.4) is 0 Å². The fraction of sp³-hybridized carbons (Fsp3) is 0.364. The van der Waals surface area contributed by atoms with Gasteiger partial charge in [0.15, 0.2) is 4.90 Å². The van der Waals surface area contributed by atoms with Crippen LogP contribution < -0.4 is 4.72 Å². The Labute approximate surface area is 115 Å². The van der Waals surface area contributed by atoms with Gasteiger partial charge in [0, 0.05) is 6.04 Å². The van der Waals surface area contributed by atoms with Crippen molar-refractivity contribution in [3.8, 4) is 6.07 Å². The van der Waals surface area contributed by atoms with Crippen molar-refractivity contribution in [1.29, 1.82) is 5.26 Å². The molecule has 1 unspecified atom stereocenters. The van der Waals surface area contributed by atoms with Gasteiger partial charge in [-0.15, -0.1) is 0 Å². The molecule has 0 bridgehead atoms. The molecule has 20 heavy (non-hydrogen) atoms. The molecule has 0 saturated heterocycles. The van der Waals surface area contributed by atoms with Crippen LogP contribution in [0.25, 0.3) is 0 Å². The summed E-state index contributed by atoms with van der Waals surface area (Å²) in [5.74, 6) is -1.23. The first kappa shape index (κ1) is 16.0. The fourth-order valence-electron chi connectivity index (χ4n) is 1.55. The number of halogens is 1. The molecular formula is C11H12FN3O4S. The van der Waals surface area contributed by atoms with Gasteiger partial charge in [0.1, 0.15) is 0 Å². The molecule has 108 valence electrons. The molecule has 1 rings (SSSR count). The van der Waals surface area contributed by atoms with Crippen molar-refractivity contribution >= 4 is 15.7 Å². The van der Waals surface area contributed by atoms with E-state index in [2.05, 4.69) is 4.72 Å². The first-order valence-corrected chi connectivity index (χ1v) is 7.14. The average Bonchev–Trinajstić information content (AvgIpc) is 2.37. The van der Waals surface area contributed by atoms with Gasteiger partial charge in [-0.3, -0.25) is 10.1 Å². The summed E-state index contributed by atoms with van der Waals surface area (Å²) in [5, 5.41) is 19.4. The second kappa shape index (κ2) is 6.40. The van der Waals surface area contributed by atoms with Gasteiger partial charge >= 0.3 is 5.69 Å². The third-order valence-corrected chi connectivity index (χ3v) is 4.13. The summed E-state index contributed by atoms with van der Waals surface area (Å²) in [6.45, 7) is 1.66. The maximum Gasteiger partial charge on any atom is 0.324 e. The van der Waals surface area contributed by atoms with Gasteiger partial charge in [-0.2, -0.15) is 9.65 Å². The minimum Gasteiger partial charge on any atom is -0.258 e. The molecule has 0 spiro atoms. The summed E-state index contributed by atoms with van der Waals surface area (Å²) in [7, 11) is -4.27. The van der Waals surface area contributed by atoms with E-state index in [0.29, 0.717) is 6.42 Å². The van der Waals surface area contributed by atoms with Gasteiger partial charge in [-0.05, 0) is 18.6 Å². The number of nitro benzene ring substituents is 1. The molecule has 1 atom stereocenters. The topological polar surface area (TPSA) is 113 Å². The normalized spacial score (nSPS) is 12.7.